The van der Waals surface area contributed by atoms with Crippen molar-refractivity contribution in [3.05, 3.63) is 313 Å². The van der Waals surface area contributed by atoms with Crippen molar-refractivity contribution in [2.24, 2.45) is 0 Å². The van der Waals surface area contributed by atoms with Gasteiger partial charge in [0.1, 0.15) is 0 Å². The normalized spacial score (nSPS) is 22.4. The topological polar surface area (TPSA) is 38.5 Å². The lowest BCUT2D eigenvalue weighted by Crippen LogP contribution is -2.40. The molecule has 0 unspecified atom stereocenters. The number of fused-ring (bicyclic) bond motifs is 16. The second-order valence-corrected chi connectivity index (χ2v) is 24.5. The molecule has 3 heteroatoms. The Hall–Kier alpha value is -9.44. The monoisotopic (exact) mass is 1020 g/mol. The fourth-order valence-electron chi connectivity index (χ4n) is 18.0. The minimum Gasteiger partial charge on any atom is -0.308 e. The minimum atomic E-state index is -0.907. The molecule has 0 fully saturated rings. The van der Waals surface area contributed by atoms with E-state index in [1.54, 1.807) is 0 Å². The van der Waals surface area contributed by atoms with E-state index in [0.29, 0.717) is 0 Å². The highest BCUT2D eigenvalue weighted by molar-refractivity contribution is 6.27. The lowest BCUT2D eigenvalue weighted by Gasteiger charge is -2.43. The van der Waals surface area contributed by atoms with Crippen LogP contribution in [0.3, 0.4) is 0 Å². The van der Waals surface area contributed by atoms with Crippen LogP contribution >= 0.6 is 0 Å². The van der Waals surface area contributed by atoms with Gasteiger partial charge in [-0.3, -0.25) is 9.59 Å². The summed E-state index contributed by atoms with van der Waals surface area (Å²) >= 11 is 0. The second kappa shape index (κ2) is 13.9. The molecule has 3 nitrogen and oxygen atoms in total. The van der Waals surface area contributed by atoms with Gasteiger partial charge >= 0.3 is 0 Å². The van der Waals surface area contributed by atoms with Crippen molar-refractivity contribution in [3.8, 4) is 33.4 Å². The molecule has 80 heavy (non-hydrogen) atoms. The van der Waals surface area contributed by atoms with Gasteiger partial charge in [0.05, 0.1) is 32.8 Å². The molecule has 4 bridgehead atoms. The van der Waals surface area contributed by atoms with Crippen LogP contribution in [-0.4, -0.2) is 16.0 Å². The van der Waals surface area contributed by atoms with Crippen LogP contribution in [0.25, 0.3) is 71.5 Å². The number of nitrogens with zero attached hydrogens (tertiary/aromatic N) is 1. The van der Waals surface area contributed by atoms with Crippen LogP contribution in [-0.2, 0) is 27.1 Å². The van der Waals surface area contributed by atoms with Gasteiger partial charge in [-0.2, -0.15) is 0 Å². The average molecular weight is 1020 g/mol. The summed E-state index contributed by atoms with van der Waals surface area (Å²) in [5.41, 5.74) is 24.6. The summed E-state index contributed by atoms with van der Waals surface area (Å²) in [6.45, 7) is 8.99. The van der Waals surface area contributed by atoms with Crippen LogP contribution in [0.15, 0.2) is 224 Å². The third-order valence-electron chi connectivity index (χ3n) is 21.5. The van der Waals surface area contributed by atoms with Crippen LogP contribution in [0.4, 0.5) is 0 Å². The molecule has 11 aromatic carbocycles. The summed E-state index contributed by atoms with van der Waals surface area (Å²) in [6, 6.07) is 83.0. The fraction of sp³-hybridized carbons (Fsp3) is 0.117. The van der Waals surface area contributed by atoms with Gasteiger partial charge in [0.2, 0.25) is 0 Å². The maximum Gasteiger partial charge on any atom is 0.177 e. The first-order valence-electron chi connectivity index (χ1n) is 28.3. The maximum absolute atomic E-state index is 16.1. The zero-order chi connectivity index (χ0) is 53.1. The molecule has 8 aliphatic carbocycles. The van der Waals surface area contributed by atoms with Crippen LogP contribution in [0, 0.1) is 0 Å². The largest absolute Gasteiger partial charge is 0.308 e. The van der Waals surface area contributed by atoms with Gasteiger partial charge in [-0.1, -0.05) is 188 Å². The van der Waals surface area contributed by atoms with E-state index < -0.39 is 27.1 Å². The Bertz CT molecular complexity index is 4760. The third-order valence-corrected chi connectivity index (χ3v) is 21.5. The van der Waals surface area contributed by atoms with Gasteiger partial charge in [0.25, 0.3) is 0 Å². The number of ketones is 2. The molecule has 0 N–H and O–H groups in total. The third kappa shape index (κ3) is 4.44. The van der Waals surface area contributed by atoms with E-state index in [1.165, 1.54) is 72.3 Å². The molecule has 0 atom stereocenters. The maximum atomic E-state index is 16.1. The summed E-state index contributed by atoms with van der Waals surface area (Å²) in [5.74, 6) is 0.222. The van der Waals surface area contributed by atoms with E-state index in [4.69, 9.17) is 0 Å². The van der Waals surface area contributed by atoms with Gasteiger partial charge in [-0.15, -0.1) is 0 Å². The predicted molar refractivity (Wildman–Crippen MR) is 321 cm³/mol. The molecular formula is C77H49NO2. The Morgan fingerprint density at radius 2 is 0.588 bits per heavy atom. The van der Waals surface area contributed by atoms with E-state index in [0.717, 1.165) is 88.2 Å². The van der Waals surface area contributed by atoms with Crippen molar-refractivity contribution in [3.63, 3.8) is 0 Å². The number of carbonyl (C=O) groups is 2. The second-order valence-electron chi connectivity index (χ2n) is 24.5. The zero-order valence-electron chi connectivity index (χ0n) is 44.6. The van der Waals surface area contributed by atoms with E-state index in [9.17, 15) is 0 Å². The molecule has 8 aliphatic rings. The van der Waals surface area contributed by atoms with Gasteiger partial charge in [-0.25, -0.2) is 0 Å². The highest BCUT2D eigenvalue weighted by Gasteiger charge is 2.58. The first kappa shape index (κ1) is 43.5. The molecule has 0 radical (unpaired) electrons. The van der Waals surface area contributed by atoms with Crippen molar-refractivity contribution >= 4 is 49.7 Å². The Morgan fingerprint density at radius 3 is 0.975 bits per heavy atom. The number of rotatable bonds is 1. The van der Waals surface area contributed by atoms with Gasteiger partial charge < -0.3 is 4.40 Å². The number of benzene rings is 11. The molecule has 2 heterocycles. The number of carbonyl (C=O) groups excluding carboxylic acids is 2. The molecular weight excluding hydrogens is 971 g/mol. The molecule has 374 valence electrons. The summed E-state index contributed by atoms with van der Waals surface area (Å²) in [6.07, 6.45) is 0. The average Bonchev–Trinajstić information content (AvgIpc) is 2.57. The molecule has 0 amide bonds. The fourth-order valence-corrected chi connectivity index (χ4v) is 18.0. The lowest BCUT2D eigenvalue weighted by molar-refractivity contribution is 0.0916. The van der Waals surface area contributed by atoms with Gasteiger partial charge in [-0.05, 0) is 175 Å². The SMILES string of the molecule is CC12C(=O)c3cc4c(cc3C(C)(c3ccccc31)c1ccccc12)c1cc(-c2cccc3c2C2(c5ccccc5-c5ccccc52)c2ccccc2-3)cc2c3cc5c(cc3n4c12)C(=O)C1(C)c2ccccc2C5(C)c2ccccc21. The zero-order valence-corrected chi connectivity index (χ0v) is 44.6. The van der Waals surface area contributed by atoms with Crippen molar-refractivity contribution in [1.82, 2.24) is 4.40 Å². The molecule has 1 spiro atoms. The first-order valence-corrected chi connectivity index (χ1v) is 28.3. The standard InChI is InChI=1S/C77H49NO2/c1-73-57-28-11-15-32-61(57)75(3,62-33-16-12-29-58(62)73)71(79)52-40-67-48(38-65(52)73)50-36-42(43-23-19-24-47-46-22-7-10-27-56(46)77(69(43)47)54-25-8-5-20-44(54)45-21-6-9-26-55(45)77)37-51-49-39-66-53(41-68(49)78(67)70(50)51)72(80)76(4)63-34-17-13-30-59(63)74(66,2)60-31-14-18-35-64(60)76/h5-41H,1-4H3. The quantitative estimate of drug-likeness (QED) is 0.164. The number of aromatic nitrogens is 1. The summed E-state index contributed by atoms with van der Waals surface area (Å²) in [4.78, 5) is 32.2. The van der Waals surface area contributed by atoms with Crippen molar-refractivity contribution in [2.75, 3.05) is 0 Å². The lowest BCUT2D eigenvalue weighted by atomic mass is 9.59. The van der Waals surface area contributed by atoms with E-state index >= 15 is 9.59 Å². The number of hydrogen-bond donors (Lipinski definition) is 0. The summed E-state index contributed by atoms with van der Waals surface area (Å²) < 4.78 is 2.42. The van der Waals surface area contributed by atoms with Crippen molar-refractivity contribution in [1.29, 1.82) is 0 Å². The molecule has 0 aliphatic heterocycles. The summed E-state index contributed by atoms with van der Waals surface area (Å²) in [5, 5.41) is 4.43. The highest BCUT2D eigenvalue weighted by Crippen LogP contribution is 2.66. The minimum absolute atomic E-state index is 0.111. The number of hydrogen-bond acceptors (Lipinski definition) is 2. The van der Waals surface area contributed by atoms with E-state index in [-0.39, 0.29) is 11.6 Å². The van der Waals surface area contributed by atoms with E-state index in [2.05, 4.69) is 257 Å². The van der Waals surface area contributed by atoms with E-state index in [1.807, 2.05) is 0 Å². The summed E-state index contributed by atoms with van der Waals surface area (Å²) in [7, 11) is 0. The Balaban J connectivity index is 0.981. The highest BCUT2D eigenvalue weighted by atomic mass is 16.1. The van der Waals surface area contributed by atoms with Gasteiger partial charge in [0, 0.05) is 43.5 Å². The van der Waals surface area contributed by atoms with Crippen LogP contribution < -0.4 is 0 Å². The molecule has 0 saturated heterocycles. The Morgan fingerprint density at radius 1 is 0.275 bits per heavy atom. The van der Waals surface area contributed by atoms with Gasteiger partial charge in [0.15, 0.2) is 11.6 Å². The van der Waals surface area contributed by atoms with Crippen molar-refractivity contribution < 1.29 is 9.59 Å². The smallest absolute Gasteiger partial charge is 0.177 e. The Labute approximate surface area is 462 Å². The van der Waals surface area contributed by atoms with Crippen LogP contribution in [0.1, 0.15) is 126 Å². The first-order chi connectivity index (χ1) is 39.0. The molecule has 21 rings (SSSR count). The van der Waals surface area contributed by atoms with Crippen LogP contribution in [0.5, 0.6) is 0 Å². The number of Topliss-reactive ketones (excluding diaryl/α,β-unsaturated/α-hetero) is 2. The molecule has 13 aromatic rings. The Kier molecular flexibility index (Phi) is 7.54. The molecule has 0 saturated carbocycles. The van der Waals surface area contributed by atoms with Crippen molar-refractivity contribution in [2.45, 2.75) is 54.8 Å². The predicted octanol–water partition coefficient (Wildman–Crippen LogP) is 17.2. The molecule has 2 aromatic heterocycles. The van der Waals surface area contributed by atoms with Crippen LogP contribution in [0.2, 0.25) is 0 Å².